The Kier molecular flexibility index (Phi) is 5.94. The van der Waals surface area contributed by atoms with E-state index in [0.717, 1.165) is 57.2 Å². The molecule has 7 heteroatoms. The summed E-state index contributed by atoms with van der Waals surface area (Å²) in [6.45, 7) is 10.1. The number of piperazine rings is 2. The van der Waals surface area contributed by atoms with Crippen molar-refractivity contribution in [2.45, 2.75) is 6.92 Å². The predicted molar refractivity (Wildman–Crippen MR) is 113 cm³/mol. The summed E-state index contributed by atoms with van der Waals surface area (Å²) in [7, 11) is 0. The van der Waals surface area contributed by atoms with Gasteiger partial charge in [-0.15, -0.1) is 0 Å². The minimum absolute atomic E-state index is 0.0159. The van der Waals surface area contributed by atoms with Crippen molar-refractivity contribution >= 4 is 17.3 Å². The first-order chi connectivity index (χ1) is 14.1. The highest BCUT2D eigenvalue weighted by Gasteiger charge is 2.24. The van der Waals surface area contributed by atoms with Crippen LogP contribution in [0.15, 0.2) is 42.6 Å². The maximum Gasteiger partial charge on any atom is 0.272 e. The lowest BCUT2D eigenvalue weighted by atomic mass is 10.2. The van der Waals surface area contributed by atoms with Gasteiger partial charge in [-0.2, -0.15) is 0 Å². The van der Waals surface area contributed by atoms with E-state index < -0.39 is 0 Å². The highest BCUT2D eigenvalue weighted by Crippen LogP contribution is 2.20. The topological polar surface area (TPSA) is 42.9 Å². The molecule has 0 aliphatic carbocycles. The van der Waals surface area contributed by atoms with Crippen molar-refractivity contribution in [3.8, 4) is 0 Å². The average molecular weight is 397 g/mol. The number of amides is 1. The molecular weight excluding hydrogens is 369 g/mol. The van der Waals surface area contributed by atoms with Gasteiger partial charge in [0.1, 0.15) is 11.5 Å². The highest BCUT2D eigenvalue weighted by molar-refractivity contribution is 5.93. The Bertz CT molecular complexity index is 827. The maximum absolute atomic E-state index is 13.1. The number of hydrogen-bond donors (Lipinski definition) is 0. The van der Waals surface area contributed by atoms with Crippen molar-refractivity contribution in [1.29, 1.82) is 0 Å². The first-order valence-electron chi connectivity index (χ1n) is 10.4. The fourth-order valence-electron chi connectivity index (χ4n) is 4.04. The molecule has 2 fully saturated rings. The molecule has 1 aromatic carbocycles. The fourth-order valence-corrected chi connectivity index (χ4v) is 4.04. The monoisotopic (exact) mass is 397 g/mol. The predicted octanol–water partition coefficient (Wildman–Crippen LogP) is 2.33. The number of hydrogen-bond acceptors (Lipinski definition) is 5. The lowest BCUT2D eigenvalue weighted by Gasteiger charge is -2.36. The van der Waals surface area contributed by atoms with E-state index in [4.69, 9.17) is 0 Å². The van der Waals surface area contributed by atoms with E-state index in [9.17, 15) is 9.18 Å². The van der Waals surface area contributed by atoms with Crippen molar-refractivity contribution in [1.82, 2.24) is 14.8 Å². The third kappa shape index (κ3) is 4.50. The smallest absolute Gasteiger partial charge is 0.272 e. The molecule has 2 saturated heterocycles. The average Bonchev–Trinajstić information content (AvgIpc) is 2.79. The highest BCUT2D eigenvalue weighted by atomic mass is 19.1. The van der Waals surface area contributed by atoms with E-state index >= 15 is 0 Å². The van der Waals surface area contributed by atoms with Crippen molar-refractivity contribution in [2.75, 3.05) is 68.7 Å². The zero-order valence-electron chi connectivity index (χ0n) is 16.9. The molecule has 6 nitrogen and oxygen atoms in total. The van der Waals surface area contributed by atoms with Gasteiger partial charge in [-0.25, -0.2) is 4.39 Å². The quantitative estimate of drug-likeness (QED) is 0.792. The summed E-state index contributed by atoms with van der Waals surface area (Å²) in [6.07, 6.45) is 1.74. The zero-order chi connectivity index (χ0) is 20.2. The lowest BCUT2D eigenvalue weighted by molar-refractivity contribution is 0.0741. The molecule has 1 amide bonds. The summed E-state index contributed by atoms with van der Waals surface area (Å²) in [5.41, 5.74) is 2.57. The van der Waals surface area contributed by atoms with Gasteiger partial charge in [0.15, 0.2) is 0 Å². The van der Waals surface area contributed by atoms with E-state index in [1.807, 2.05) is 17.0 Å². The van der Waals surface area contributed by atoms with E-state index in [1.54, 1.807) is 18.3 Å². The summed E-state index contributed by atoms with van der Waals surface area (Å²) >= 11 is 0. The number of halogens is 1. The standard InChI is InChI=1S/C22H28FN5O/c1-2-25-9-11-27(12-10-25)20-7-8-24-21(17-20)22(29)28-15-13-26(14-16-28)19-5-3-18(23)4-6-19/h3-8,17H,2,9-16H2,1H3. The molecule has 0 saturated carbocycles. The number of carbonyl (C=O) groups excluding carboxylic acids is 1. The molecule has 154 valence electrons. The van der Waals surface area contributed by atoms with Crippen LogP contribution in [0, 0.1) is 5.82 Å². The van der Waals surface area contributed by atoms with E-state index in [2.05, 4.69) is 26.6 Å². The molecule has 0 atom stereocenters. The third-order valence-electron chi connectivity index (χ3n) is 5.91. The molecular formula is C22H28FN5O. The Labute approximate surface area is 171 Å². The van der Waals surface area contributed by atoms with E-state index in [1.165, 1.54) is 12.1 Å². The van der Waals surface area contributed by atoms with Crippen LogP contribution in [0.2, 0.25) is 0 Å². The Hall–Kier alpha value is -2.67. The summed E-state index contributed by atoms with van der Waals surface area (Å²) in [6, 6.07) is 10.4. The summed E-state index contributed by atoms with van der Waals surface area (Å²) in [5, 5.41) is 0. The molecule has 2 aliphatic heterocycles. The number of nitrogens with zero attached hydrogens (tertiary/aromatic N) is 5. The summed E-state index contributed by atoms with van der Waals surface area (Å²) < 4.78 is 13.1. The molecule has 29 heavy (non-hydrogen) atoms. The molecule has 0 unspecified atom stereocenters. The second kappa shape index (κ2) is 8.78. The van der Waals surface area contributed by atoms with Crippen LogP contribution in [0.3, 0.4) is 0 Å². The minimum atomic E-state index is -0.232. The minimum Gasteiger partial charge on any atom is -0.369 e. The van der Waals surface area contributed by atoms with Crippen LogP contribution in [0.1, 0.15) is 17.4 Å². The van der Waals surface area contributed by atoms with Crippen LogP contribution in [0.5, 0.6) is 0 Å². The summed E-state index contributed by atoms with van der Waals surface area (Å²) in [4.78, 5) is 26.1. The van der Waals surface area contributed by atoms with Crippen molar-refractivity contribution in [3.05, 3.63) is 54.1 Å². The fraction of sp³-hybridized carbons (Fsp3) is 0.455. The number of aromatic nitrogens is 1. The Morgan fingerprint density at radius 3 is 2.17 bits per heavy atom. The third-order valence-corrected chi connectivity index (χ3v) is 5.91. The van der Waals surface area contributed by atoms with Gasteiger partial charge in [0.25, 0.3) is 5.91 Å². The first-order valence-corrected chi connectivity index (χ1v) is 10.4. The van der Waals surface area contributed by atoms with Crippen LogP contribution in [-0.2, 0) is 0 Å². The Morgan fingerprint density at radius 1 is 0.897 bits per heavy atom. The number of rotatable bonds is 4. The van der Waals surface area contributed by atoms with Crippen LogP contribution in [0.25, 0.3) is 0 Å². The molecule has 1 aromatic heterocycles. The van der Waals surface area contributed by atoms with E-state index in [-0.39, 0.29) is 11.7 Å². The van der Waals surface area contributed by atoms with Crippen molar-refractivity contribution in [2.24, 2.45) is 0 Å². The number of carbonyl (C=O) groups is 1. The zero-order valence-corrected chi connectivity index (χ0v) is 16.9. The normalized spacial score (nSPS) is 18.2. The number of anilines is 2. The molecule has 0 radical (unpaired) electrons. The van der Waals surface area contributed by atoms with Gasteiger partial charge in [-0.3, -0.25) is 9.78 Å². The molecule has 0 spiro atoms. The van der Waals surface area contributed by atoms with Gasteiger partial charge in [-0.05, 0) is 42.9 Å². The van der Waals surface area contributed by atoms with Gasteiger partial charge in [-0.1, -0.05) is 6.92 Å². The molecule has 2 aliphatic rings. The number of benzene rings is 1. The van der Waals surface area contributed by atoms with Gasteiger partial charge in [0, 0.05) is 69.9 Å². The van der Waals surface area contributed by atoms with Gasteiger partial charge >= 0.3 is 0 Å². The largest absolute Gasteiger partial charge is 0.369 e. The first kappa shape index (κ1) is 19.6. The molecule has 0 bridgehead atoms. The van der Waals surface area contributed by atoms with Crippen LogP contribution < -0.4 is 9.80 Å². The molecule has 0 N–H and O–H groups in total. The molecule has 4 rings (SSSR count). The second-order valence-electron chi connectivity index (χ2n) is 7.58. The maximum atomic E-state index is 13.1. The van der Waals surface area contributed by atoms with Crippen LogP contribution in [0.4, 0.5) is 15.8 Å². The van der Waals surface area contributed by atoms with Crippen LogP contribution >= 0.6 is 0 Å². The number of likely N-dealkylation sites (N-methyl/N-ethyl adjacent to an activating group) is 1. The molecule has 2 aromatic rings. The van der Waals surface area contributed by atoms with Crippen LogP contribution in [-0.4, -0.2) is 79.6 Å². The Balaban J connectivity index is 1.37. The second-order valence-corrected chi connectivity index (χ2v) is 7.58. The lowest BCUT2D eigenvalue weighted by Crippen LogP contribution is -2.49. The SMILES string of the molecule is CCN1CCN(c2ccnc(C(=O)N3CCN(c4ccc(F)cc4)CC3)c2)CC1. The van der Waals surface area contributed by atoms with Crippen molar-refractivity contribution in [3.63, 3.8) is 0 Å². The van der Waals surface area contributed by atoms with E-state index in [0.29, 0.717) is 18.8 Å². The van der Waals surface area contributed by atoms with Gasteiger partial charge in [0.05, 0.1) is 0 Å². The summed E-state index contributed by atoms with van der Waals surface area (Å²) in [5.74, 6) is -0.248. The Morgan fingerprint density at radius 2 is 1.52 bits per heavy atom. The van der Waals surface area contributed by atoms with Gasteiger partial charge < -0.3 is 19.6 Å². The van der Waals surface area contributed by atoms with Crippen molar-refractivity contribution < 1.29 is 9.18 Å². The number of pyridine rings is 1. The van der Waals surface area contributed by atoms with Gasteiger partial charge in [0.2, 0.25) is 0 Å². The molecule has 3 heterocycles.